The van der Waals surface area contributed by atoms with Crippen molar-refractivity contribution in [2.24, 2.45) is 5.92 Å². The molecule has 0 aliphatic carbocycles. The first-order valence-electron chi connectivity index (χ1n) is 6.74. The molecule has 1 aromatic carbocycles. The minimum atomic E-state index is -4.91. The van der Waals surface area contributed by atoms with Gasteiger partial charge in [0.25, 0.3) is 5.91 Å². The van der Waals surface area contributed by atoms with E-state index in [1.807, 2.05) is 6.92 Å². The Morgan fingerprint density at radius 1 is 1.32 bits per heavy atom. The number of carbonyl (C=O) groups is 2. The van der Waals surface area contributed by atoms with Gasteiger partial charge in [0, 0.05) is 0 Å². The maximum absolute atomic E-state index is 12.4. The van der Waals surface area contributed by atoms with Crippen LogP contribution >= 0.6 is 0 Å². The van der Waals surface area contributed by atoms with E-state index in [-0.39, 0.29) is 11.6 Å². The van der Waals surface area contributed by atoms with Crippen molar-refractivity contribution in [2.75, 3.05) is 4.90 Å². The number of halogens is 3. The van der Waals surface area contributed by atoms with E-state index in [2.05, 4.69) is 10.1 Å². The van der Waals surface area contributed by atoms with Crippen molar-refractivity contribution in [1.29, 1.82) is 0 Å². The Kier molecular flexibility index (Phi) is 4.30. The zero-order valence-corrected chi connectivity index (χ0v) is 12.0. The highest BCUT2D eigenvalue weighted by atomic mass is 19.4. The average molecular weight is 316 g/mol. The van der Waals surface area contributed by atoms with Crippen LogP contribution < -0.4 is 15.0 Å². The van der Waals surface area contributed by atoms with Crippen molar-refractivity contribution in [2.45, 2.75) is 32.7 Å². The minimum Gasteiger partial charge on any atom is -0.404 e. The third-order valence-electron chi connectivity index (χ3n) is 3.51. The van der Waals surface area contributed by atoms with Crippen LogP contribution in [-0.2, 0) is 4.79 Å². The molecule has 2 rings (SSSR count). The number of nitrogens with one attached hydrogen (secondary N) is 1. The lowest BCUT2D eigenvalue weighted by molar-refractivity contribution is -0.274. The molecule has 0 bridgehead atoms. The Bertz CT molecular complexity index is 589. The van der Waals surface area contributed by atoms with Gasteiger partial charge in [0.05, 0.1) is 5.69 Å². The van der Waals surface area contributed by atoms with Gasteiger partial charge in [0.2, 0.25) is 0 Å². The van der Waals surface area contributed by atoms with Crippen LogP contribution in [0.5, 0.6) is 5.75 Å². The number of amides is 3. The van der Waals surface area contributed by atoms with Crippen molar-refractivity contribution < 1.29 is 27.5 Å². The van der Waals surface area contributed by atoms with Gasteiger partial charge in [-0.05, 0) is 18.1 Å². The number of alkyl halides is 3. The Hall–Kier alpha value is -2.25. The Morgan fingerprint density at radius 3 is 2.55 bits per heavy atom. The van der Waals surface area contributed by atoms with Gasteiger partial charge < -0.3 is 10.1 Å². The number of para-hydroxylation sites is 2. The smallest absolute Gasteiger partial charge is 0.404 e. The first-order chi connectivity index (χ1) is 10.2. The molecule has 1 heterocycles. The quantitative estimate of drug-likeness (QED) is 0.869. The van der Waals surface area contributed by atoms with Gasteiger partial charge in [0.1, 0.15) is 6.04 Å². The first kappa shape index (κ1) is 16.1. The van der Waals surface area contributed by atoms with Gasteiger partial charge in [-0.25, -0.2) is 9.69 Å². The van der Waals surface area contributed by atoms with Crippen LogP contribution in [0.25, 0.3) is 0 Å². The van der Waals surface area contributed by atoms with Gasteiger partial charge in [-0.1, -0.05) is 32.4 Å². The van der Waals surface area contributed by atoms with Crippen LogP contribution in [0.1, 0.15) is 20.3 Å². The third kappa shape index (κ3) is 3.15. The average Bonchev–Trinajstić information content (AvgIpc) is 2.72. The van der Waals surface area contributed by atoms with Crippen LogP contribution in [0, 0.1) is 5.92 Å². The number of imide groups is 1. The topological polar surface area (TPSA) is 58.6 Å². The van der Waals surface area contributed by atoms with E-state index in [9.17, 15) is 22.8 Å². The van der Waals surface area contributed by atoms with Gasteiger partial charge in [-0.15, -0.1) is 13.2 Å². The molecule has 1 aromatic rings. The summed E-state index contributed by atoms with van der Waals surface area (Å²) in [6, 6.07) is 3.53. The van der Waals surface area contributed by atoms with Crippen molar-refractivity contribution in [1.82, 2.24) is 5.32 Å². The van der Waals surface area contributed by atoms with Gasteiger partial charge in [-0.3, -0.25) is 4.79 Å². The number of ether oxygens (including phenoxy) is 1. The maximum Gasteiger partial charge on any atom is 0.573 e. The van der Waals surface area contributed by atoms with E-state index in [1.165, 1.54) is 18.2 Å². The monoisotopic (exact) mass is 316 g/mol. The van der Waals surface area contributed by atoms with E-state index < -0.39 is 30.1 Å². The molecule has 0 radical (unpaired) electrons. The fourth-order valence-electron chi connectivity index (χ4n) is 2.20. The first-order valence-corrected chi connectivity index (χ1v) is 6.74. The van der Waals surface area contributed by atoms with Crippen molar-refractivity contribution in [3.05, 3.63) is 24.3 Å². The summed E-state index contributed by atoms with van der Waals surface area (Å²) in [6.07, 6.45) is -4.27. The summed E-state index contributed by atoms with van der Waals surface area (Å²) >= 11 is 0. The molecule has 1 aliphatic heterocycles. The summed E-state index contributed by atoms with van der Waals surface area (Å²) < 4.78 is 41.2. The van der Waals surface area contributed by atoms with Crippen LogP contribution in [0.15, 0.2) is 24.3 Å². The molecule has 1 saturated heterocycles. The molecular weight excluding hydrogens is 301 g/mol. The number of rotatable bonds is 4. The van der Waals surface area contributed by atoms with E-state index in [0.717, 1.165) is 6.07 Å². The zero-order chi connectivity index (χ0) is 16.5. The molecule has 0 saturated carbocycles. The SMILES string of the molecule is CCC(C)C1NC(=O)N(c2ccccc2OC(F)(F)F)C1=O. The number of urea groups is 1. The number of hydrogen-bond donors (Lipinski definition) is 1. The fraction of sp³-hybridized carbons (Fsp3) is 0.429. The fourth-order valence-corrected chi connectivity index (χ4v) is 2.20. The Labute approximate surface area is 125 Å². The Morgan fingerprint density at radius 2 is 1.95 bits per heavy atom. The lowest BCUT2D eigenvalue weighted by atomic mass is 9.99. The Balaban J connectivity index is 2.36. The summed E-state index contributed by atoms with van der Waals surface area (Å²) in [6.45, 7) is 3.64. The van der Waals surface area contributed by atoms with E-state index in [4.69, 9.17) is 0 Å². The second-order valence-corrected chi connectivity index (χ2v) is 5.00. The van der Waals surface area contributed by atoms with E-state index >= 15 is 0 Å². The third-order valence-corrected chi connectivity index (χ3v) is 3.51. The summed E-state index contributed by atoms with van der Waals surface area (Å²) in [4.78, 5) is 25.0. The van der Waals surface area contributed by atoms with Gasteiger partial charge in [-0.2, -0.15) is 0 Å². The summed E-state index contributed by atoms with van der Waals surface area (Å²) in [5.41, 5.74) is -0.229. The molecule has 5 nitrogen and oxygen atoms in total. The van der Waals surface area contributed by atoms with Gasteiger partial charge >= 0.3 is 12.4 Å². The largest absolute Gasteiger partial charge is 0.573 e. The van der Waals surface area contributed by atoms with Crippen molar-refractivity contribution >= 4 is 17.6 Å². The molecule has 8 heteroatoms. The van der Waals surface area contributed by atoms with Crippen molar-refractivity contribution in [3.63, 3.8) is 0 Å². The van der Waals surface area contributed by atoms with Gasteiger partial charge in [0.15, 0.2) is 5.75 Å². The predicted octanol–water partition coefficient (Wildman–Crippen LogP) is 3.06. The molecule has 120 valence electrons. The van der Waals surface area contributed by atoms with Crippen LogP contribution in [0.4, 0.5) is 23.7 Å². The zero-order valence-electron chi connectivity index (χ0n) is 12.0. The molecule has 2 unspecified atom stereocenters. The lowest BCUT2D eigenvalue weighted by Gasteiger charge is -2.19. The van der Waals surface area contributed by atoms with Crippen LogP contribution in [0.2, 0.25) is 0 Å². The molecular formula is C14H15F3N2O3. The highest BCUT2D eigenvalue weighted by Crippen LogP contribution is 2.35. The molecule has 1 fully saturated rings. The molecule has 2 atom stereocenters. The maximum atomic E-state index is 12.4. The highest BCUT2D eigenvalue weighted by Gasteiger charge is 2.43. The molecule has 3 amide bonds. The van der Waals surface area contributed by atoms with E-state index in [1.54, 1.807) is 6.92 Å². The molecule has 0 aromatic heterocycles. The minimum absolute atomic E-state index is 0.128. The highest BCUT2D eigenvalue weighted by molar-refractivity contribution is 6.22. The summed E-state index contributed by atoms with van der Waals surface area (Å²) in [5.74, 6) is -1.31. The lowest BCUT2D eigenvalue weighted by Crippen LogP contribution is -2.35. The second kappa shape index (κ2) is 5.86. The molecule has 22 heavy (non-hydrogen) atoms. The molecule has 1 aliphatic rings. The number of anilines is 1. The summed E-state index contributed by atoms with van der Waals surface area (Å²) in [7, 11) is 0. The standard InChI is InChI=1S/C14H15F3N2O3/c1-3-8(2)11-12(20)19(13(21)18-11)9-6-4-5-7-10(9)22-14(15,16)17/h4-8,11H,3H2,1-2H3,(H,18,21). The molecule has 0 spiro atoms. The number of carbonyl (C=O) groups excluding carboxylic acids is 2. The summed E-state index contributed by atoms with van der Waals surface area (Å²) in [5, 5.41) is 2.49. The normalized spacial score (nSPS) is 20.0. The predicted molar refractivity (Wildman–Crippen MR) is 72.4 cm³/mol. The molecule has 1 N–H and O–H groups in total. The number of benzene rings is 1. The number of nitrogens with zero attached hydrogens (tertiary/aromatic N) is 1. The second-order valence-electron chi connectivity index (χ2n) is 5.00. The van der Waals surface area contributed by atoms with Crippen molar-refractivity contribution in [3.8, 4) is 5.75 Å². The van der Waals surface area contributed by atoms with Crippen LogP contribution in [-0.4, -0.2) is 24.3 Å². The van der Waals surface area contributed by atoms with E-state index in [0.29, 0.717) is 11.3 Å². The van der Waals surface area contributed by atoms with Crippen LogP contribution in [0.3, 0.4) is 0 Å². The number of hydrogen-bond acceptors (Lipinski definition) is 3.